The van der Waals surface area contributed by atoms with Gasteiger partial charge in [-0.05, 0) is 22.0 Å². The minimum atomic E-state index is 0.572. The highest BCUT2D eigenvalue weighted by Crippen LogP contribution is 2.25. The average molecular weight is 293 g/mol. The van der Waals surface area contributed by atoms with Crippen molar-refractivity contribution >= 4 is 32.9 Å². The number of fused-ring (bicyclic) bond motifs is 1. The van der Waals surface area contributed by atoms with Gasteiger partial charge in [0.25, 0.3) is 0 Å². The quantitative estimate of drug-likeness (QED) is 0.715. The van der Waals surface area contributed by atoms with Gasteiger partial charge in [0.1, 0.15) is 11.6 Å². The predicted octanol–water partition coefficient (Wildman–Crippen LogP) is 1.70. The molecule has 0 fully saturated rings. The van der Waals surface area contributed by atoms with Gasteiger partial charge in [-0.2, -0.15) is 5.10 Å². The molecule has 0 saturated carbocycles. The molecule has 17 heavy (non-hydrogen) atoms. The van der Waals surface area contributed by atoms with Crippen LogP contribution in [0.15, 0.2) is 22.9 Å². The van der Waals surface area contributed by atoms with Gasteiger partial charge in [0.15, 0.2) is 5.65 Å². The summed E-state index contributed by atoms with van der Waals surface area (Å²) in [7, 11) is 1.79. The second kappa shape index (κ2) is 3.56. The molecule has 0 spiro atoms. The molecular weight excluding hydrogens is 284 g/mol. The fourth-order valence-electron chi connectivity index (χ4n) is 1.63. The van der Waals surface area contributed by atoms with E-state index in [4.69, 9.17) is 5.73 Å². The Bertz CT molecular complexity index is 698. The molecule has 6 nitrogen and oxygen atoms in total. The van der Waals surface area contributed by atoms with Gasteiger partial charge in [-0.25, -0.2) is 9.97 Å². The molecule has 0 amide bonds. The second-order valence-corrected chi connectivity index (χ2v) is 4.59. The van der Waals surface area contributed by atoms with Crippen molar-refractivity contribution in [1.82, 2.24) is 24.7 Å². The Hall–Kier alpha value is -1.89. The number of aromatic nitrogens is 5. The number of aromatic amines is 1. The number of halogens is 1. The SMILES string of the molecule is Cn1ncc(-c2nc3ncc(Br)cc3[nH]2)c1N. The molecule has 0 unspecified atom stereocenters. The van der Waals surface area contributed by atoms with E-state index in [2.05, 4.69) is 36.0 Å². The second-order valence-electron chi connectivity index (χ2n) is 3.68. The predicted molar refractivity (Wildman–Crippen MR) is 68.2 cm³/mol. The Labute approximate surface area is 105 Å². The maximum Gasteiger partial charge on any atom is 0.178 e. The molecule has 0 bridgehead atoms. The largest absolute Gasteiger partial charge is 0.383 e. The zero-order chi connectivity index (χ0) is 12.0. The van der Waals surface area contributed by atoms with Gasteiger partial charge < -0.3 is 10.7 Å². The molecule has 3 heterocycles. The molecular formula is C10H9BrN6. The molecule has 86 valence electrons. The lowest BCUT2D eigenvalue weighted by atomic mass is 10.3. The van der Waals surface area contributed by atoms with Crippen LogP contribution in [-0.4, -0.2) is 24.7 Å². The first-order valence-electron chi connectivity index (χ1n) is 4.94. The van der Waals surface area contributed by atoms with E-state index in [9.17, 15) is 0 Å². The van der Waals surface area contributed by atoms with E-state index in [0.29, 0.717) is 17.3 Å². The minimum Gasteiger partial charge on any atom is -0.383 e. The summed E-state index contributed by atoms with van der Waals surface area (Å²) in [5.74, 6) is 1.25. The van der Waals surface area contributed by atoms with Crippen LogP contribution in [0.4, 0.5) is 5.82 Å². The first-order valence-corrected chi connectivity index (χ1v) is 5.73. The van der Waals surface area contributed by atoms with E-state index in [0.717, 1.165) is 15.6 Å². The number of rotatable bonds is 1. The van der Waals surface area contributed by atoms with Crippen molar-refractivity contribution in [2.75, 3.05) is 5.73 Å². The first kappa shape index (κ1) is 10.3. The summed E-state index contributed by atoms with van der Waals surface area (Å²) in [5.41, 5.74) is 8.19. The maximum absolute atomic E-state index is 5.90. The lowest BCUT2D eigenvalue weighted by Crippen LogP contribution is -1.98. The highest BCUT2D eigenvalue weighted by atomic mass is 79.9. The molecule has 0 aliphatic heterocycles. The van der Waals surface area contributed by atoms with Crippen LogP contribution < -0.4 is 5.73 Å². The van der Waals surface area contributed by atoms with Crippen molar-refractivity contribution in [2.24, 2.45) is 7.05 Å². The Kier molecular flexibility index (Phi) is 2.15. The van der Waals surface area contributed by atoms with Gasteiger partial charge in [0.05, 0.1) is 17.3 Å². The van der Waals surface area contributed by atoms with Crippen molar-refractivity contribution in [3.63, 3.8) is 0 Å². The topological polar surface area (TPSA) is 85.4 Å². The number of anilines is 1. The summed E-state index contributed by atoms with van der Waals surface area (Å²) < 4.78 is 2.51. The summed E-state index contributed by atoms with van der Waals surface area (Å²) in [6.45, 7) is 0. The maximum atomic E-state index is 5.90. The van der Waals surface area contributed by atoms with Crippen LogP contribution in [-0.2, 0) is 7.05 Å². The number of nitrogen functional groups attached to an aromatic ring is 1. The van der Waals surface area contributed by atoms with Gasteiger partial charge in [-0.15, -0.1) is 0 Å². The fraction of sp³-hybridized carbons (Fsp3) is 0.100. The minimum absolute atomic E-state index is 0.572. The number of nitrogens with one attached hydrogen (secondary N) is 1. The first-order chi connectivity index (χ1) is 8.15. The number of H-pyrrole nitrogens is 1. The van der Waals surface area contributed by atoms with Crippen molar-refractivity contribution in [3.8, 4) is 11.4 Å². The summed E-state index contributed by atoms with van der Waals surface area (Å²) >= 11 is 3.37. The molecule has 0 saturated heterocycles. The van der Waals surface area contributed by atoms with Crippen molar-refractivity contribution in [1.29, 1.82) is 0 Å². The summed E-state index contributed by atoms with van der Waals surface area (Å²) in [6.07, 6.45) is 3.39. The molecule has 7 heteroatoms. The normalized spacial score (nSPS) is 11.2. The standard InChI is InChI=1S/C10H9BrN6/c1-17-8(12)6(4-14-17)9-15-7-2-5(11)3-13-10(7)16-9/h2-4H,12H2,1H3,(H,13,15,16). The number of hydrogen-bond donors (Lipinski definition) is 2. The van der Waals surface area contributed by atoms with Crippen LogP contribution in [0.2, 0.25) is 0 Å². The summed E-state index contributed by atoms with van der Waals surface area (Å²) in [4.78, 5) is 11.8. The Morgan fingerprint density at radius 3 is 2.94 bits per heavy atom. The molecule has 0 aliphatic carbocycles. The van der Waals surface area contributed by atoms with E-state index in [1.807, 2.05) is 6.07 Å². The number of nitrogens with zero attached hydrogens (tertiary/aromatic N) is 4. The summed E-state index contributed by atoms with van der Waals surface area (Å²) in [5, 5.41) is 4.08. The monoisotopic (exact) mass is 292 g/mol. The molecule has 0 radical (unpaired) electrons. The third kappa shape index (κ3) is 1.59. The number of imidazole rings is 1. The highest BCUT2D eigenvalue weighted by Gasteiger charge is 2.12. The van der Waals surface area contributed by atoms with Gasteiger partial charge in [0.2, 0.25) is 0 Å². The number of nitrogens with two attached hydrogens (primary N) is 1. The fourth-order valence-corrected chi connectivity index (χ4v) is 1.96. The van der Waals surface area contributed by atoms with E-state index in [1.54, 1.807) is 24.1 Å². The van der Waals surface area contributed by atoms with E-state index in [-0.39, 0.29) is 0 Å². The van der Waals surface area contributed by atoms with Gasteiger partial charge in [0, 0.05) is 17.7 Å². The molecule has 3 rings (SSSR count). The lowest BCUT2D eigenvalue weighted by molar-refractivity contribution is 0.779. The Morgan fingerprint density at radius 2 is 2.24 bits per heavy atom. The summed E-state index contributed by atoms with van der Waals surface area (Å²) in [6, 6.07) is 1.92. The van der Waals surface area contributed by atoms with E-state index in [1.165, 1.54) is 0 Å². The van der Waals surface area contributed by atoms with Gasteiger partial charge >= 0.3 is 0 Å². The lowest BCUT2D eigenvalue weighted by Gasteiger charge is -1.95. The zero-order valence-electron chi connectivity index (χ0n) is 8.98. The van der Waals surface area contributed by atoms with Crippen molar-refractivity contribution < 1.29 is 0 Å². The van der Waals surface area contributed by atoms with Crippen molar-refractivity contribution in [3.05, 3.63) is 22.9 Å². The average Bonchev–Trinajstić information content (AvgIpc) is 2.83. The Morgan fingerprint density at radius 1 is 1.41 bits per heavy atom. The molecule has 3 aromatic rings. The van der Waals surface area contributed by atoms with Crippen molar-refractivity contribution in [2.45, 2.75) is 0 Å². The molecule has 3 aromatic heterocycles. The van der Waals surface area contributed by atoms with Gasteiger partial charge in [-0.1, -0.05) is 0 Å². The highest BCUT2D eigenvalue weighted by molar-refractivity contribution is 9.10. The number of pyridine rings is 1. The van der Waals surface area contributed by atoms with E-state index >= 15 is 0 Å². The van der Waals surface area contributed by atoms with Crippen LogP contribution in [0.3, 0.4) is 0 Å². The Balaban J connectivity index is 2.21. The molecule has 3 N–H and O–H groups in total. The van der Waals surface area contributed by atoms with Crippen LogP contribution in [0.1, 0.15) is 0 Å². The number of aryl methyl sites for hydroxylation is 1. The third-order valence-electron chi connectivity index (χ3n) is 2.54. The van der Waals surface area contributed by atoms with Gasteiger partial charge in [-0.3, -0.25) is 4.68 Å². The third-order valence-corrected chi connectivity index (χ3v) is 2.98. The molecule has 0 aromatic carbocycles. The van der Waals surface area contributed by atoms with Crippen LogP contribution in [0, 0.1) is 0 Å². The molecule has 0 atom stereocenters. The zero-order valence-corrected chi connectivity index (χ0v) is 10.6. The van der Waals surface area contributed by atoms with Crippen LogP contribution in [0.5, 0.6) is 0 Å². The molecule has 0 aliphatic rings. The number of hydrogen-bond acceptors (Lipinski definition) is 4. The smallest absolute Gasteiger partial charge is 0.178 e. The van der Waals surface area contributed by atoms with Crippen LogP contribution in [0.25, 0.3) is 22.6 Å². The van der Waals surface area contributed by atoms with Crippen LogP contribution >= 0.6 is 15.9 Å². The van der Waals surface area contributed by atoms with E-state index < -0.39 is 0 Å².